The molecule has 0 aliphatic carbocycles. The number of hydrogen-bond donors (Lipinski definition) is 1. The topological polar surface area (TPSA) is 52.0 Å². The van der Waals surface area contributed by atoms with Crippen LogP contribution < -0.4 is 5.32 Å². The molecule has 22 heavy (non-hydrogen) atoms. The van der Waals surface area contributed by atoms with Crippen LogP contribution in [0.25, 0.3) is 5.69 Å². The molecule has 0 saturated carbocycles. The second-order valence-corrected chi connectivity index (χ2v) is 6.71. The van der Waals surface area contributed by atoms with Crippen LogP contribution in [-0.2, 0) is 11.3 Å². The van der Waals surface area contributed by atoms with Crippen molar-refractivity contribution in [1.29, 1.82) is 0 Å². The lowest BCUT2D eigenvalue weighted by Gasteiger charge is -2.11. The van der Waals surface area contributed by atoms with Crippen LogP contribution in [0.1, 0.15) is 12.2 Å². The van der Waals surface area contributed by atoms with Gasteiger partial charge in [0, 0.05) is 17.4 Å². The molecule has 3 rings (SSSR count). The number of aromatic nitrogens is 3. The number of nitrogens with zero attached hydrogens (tertiary/aromatic N) is 3. The molecular formula is C15H19ClN4OS. The van der Waals surface area contributed by atoms with Gasteiger partial charge in [-0.3, -0.25) is 4.57 Å². The van der Waals surface area contributed by atoms with Crippen LogP contribution in [0.2, 0.25) is 5.02 Å². The third-order valence-corrected chi connectivity index (χ3v) is 4.97. The van der Waals surface area contributed by atoms with E-state index >= 15 is 0 Å². The summed E-state index contributed by atoms with van der Waals surface area (Å²) in [6.07, 6.45) is 1.13. The third kappa shape index (κ3) is 3.63. The molecule has 1 saturated heterocycles. The Kier molecular flexibility index (Phi) is 5.36. The first-order valence-electron chi connectivity index (χ1n) is 7.33. The van der Waals surface area contributed by atoms with Gasteiger partial charge >= 0.3 is 0 Å². The van der Waals surface area contributed by atoms with Gasteiger partial charge in [0.1, 0.15) is 0 Å². The largest absolute Gasteiger partial charge is 0.381 e. The van der Waals surface area contributed by atoms with E-state index in [1.54, 1.807) is 11.8 Å². The number of thioether (sulfide) groups is 1. The average molecular weight is 339 g/mol. The summed E-state index contributed by atoms with van der Waals surface area (Å²) in [6.45, 7) is 2.38. The lowest BCUT2D eigenvalue weighted by molar-refractivity contribution is 0.189. The van der Waals surface area contributed by atoms with Crippen LogP contribution in [0.15, 0.2) is 29.4 Å². The summed E-state index contributed by atoms with van der Waals surface area (Å²) in [5.74, 6) is 2.48. The molecular weight excluding hydrogens is 320 g/mol. The highest BCUT2D eigenvalue weighted by Gasteiger charge is 2.19. The Balaban J connectivity index is 1.85. The molecule has 1 aliphatic heterocycles. The van der Waals surface area contributed by atoms with E-state index in [4.69, 9.17) is 16.3 Å². The highest BCUT2D eigenvalue weighted by molar-refractivity contribution is 7.99. The minimum atomic E-state index is 0.599. The van der Waals surface area contributed by atoms with E-state index in [-0.39, 0.29) is 0 Å². The summed E-state index contributed by atoms with van der Waals surface area (Å²) in [4.78, 5) is 0. The average Bonchev–Trinajstić information content (AvgIpc) is 3.15. The molecule has 1 N–H and O–H groups in total. The van der Waals surface area contributed by atoms with Crippen molar-refractivity contribution in [2.45, 2.75) is 18.1 Å². The summed E-state index contributed by atoms with van der Waals surface area (Å²) < 4.78 is 7.51. The van der Waals surface area contributed by atoms with Gasteiger partial charge in [-0.05, 0) is 37.6 Å². The zero-order valence-corrected chi connectivity index (χ0v) is 14.0. The number of rotatable bonds is 6. The number of ether oxygens (including phenoxy) is 1. The van der Waals surface area contributed by atoms with E-state index in [1.165, 1.54) is 0 Å². The van der Waals surface area contributed by atoms with Crippen LogP contribution in [0, 0.1) is 5.92 Å². The molecule has 2 heterocycles. The molecule has 1 aromatic heterocycles. The molecule has 118 valence electrons. The number of nitrogens with one attached hydrogen (secondary N) is 1. The van der Waals surface area contributed by atoms with Crippen LogP contribution in [0.3, 0.4) is 0 Å². The van der Waals surface area contributed by atoms with Gasteiger partial charge < -0.3 is 10.1 Å². The van der Waals surface area contributed by atoms with E-state index < -0.39 is 0 Å². The monoisotopic (exact) mass is 338 g/mol. The lowest BCUT2D eigenvalue weighted by Crippen LogP contribution is -2.12. The fourth-order valence-corrected chi connectivity index (χ4v) is 3.72. The van der Waals surface area contributed by atoms with Gasteiger partial charge in [0.05, 0.1) is 18.8 Å². The summed E-state index contributed by atoms with van der Waals surface area (Å²) >= 11 is 7.86. The highest BCUT2D eigenvalue weighted by atomic mass is 35.5. The maximum Gasteiger partial charge on any atom is 0.195 e. The first-order valence-corrected chi connectivity index (χ1v) is 8.69. The Morgan fingerprint density at radius 2 is 2.36 bits per heavy atom. The molecule has 1 atom stereocenters. The van der Waals surface area contributed by atoms with E-state index in [1.807, 2.05) is 31.3 Å². The summed E-state index contributed by atoms with van der Waals surface area (Å²) in [7, 11) is 1.90. The van der Waals surface area contributed by atoms with Crippen LogP contribution in [-0.4, -0.2) is 40.8 Å². The zero-order chi connectivity index (χ0) is 15.4. The quantitative estimate of drug-likeness (QED) is 0.821. The van der Waals surface area contributed by atoms with E-state index in [0.29, 0.717) is 17.5 Å². The number of benzene rings is 1. The summed E-state index contributed by atoms with van der Waals surface area (Å²) in [5.41, 5.74) is 0.993. The smallest absolute Gasteiger partial charge is 0.195 e. The van der Waals surface area contributed by atoms with Crippen molar-refractivity contribution in [2.75, 3.05) is 26.0 Å². The van der Waals surface area contributed by atoms with Gasteiger partial charge in [0.15, 0.2) is 11.0 Å². The van der Waals surface area contributed by atoms with Gasteiger partial charge in [-0.2, -0.15) is 0 Å². The minimum Gasteiger partial charge on any atom is -0.381 e. The van der Waals surface area contributed by atoms with Crippen molar-refractivity contribution in [2.24, 2.45) is 5.92 Å². The number of hydrogen-bond acceptors (Lipinski definition) is 5. The molecule has 0 bridgehead atoms. The van der Waals surface area contributed by atoms with Crippen molar-refractivity contribution in [3.63, 3.8) is 0 Å². The van der Waals surface area contributed by atoms with Gasteiger partial charge in [-0.25, -0.2) is 0 Å². The summed E-state index contributed by atoms with van der Waals surface area (Å²) in [6, 6.07) is 7.78. The maximum atomic E-state index is 6.13. The van der Waals surface area contributed by atoms with Crippen LogP contribution >= 0.6 is 23.4 Å². The molecule has 1 unspecified atom stereocenters. The van der Waals surface area contributed by atoms with Gasteiger partial charge in [0.25, 0.3) is 0 Å². The minimum absolute atomic E-state index is 0.599. The van der Waals surface area contributed by atoms with E-state index in [2.05, 4.69) is 20.1 Å². The van der Waals surface area contributed by atoms with Crippen molar-refractivity contribution in [1.82, 2.24) is 20.1 Å². The van der Waals surface area contributed by atoms with Crippen molar-refractivity contribution in [3.8, 4) is 5.69 Å². The van der Waals surface area contributed by atoms with Gasteiger partial charge in [-0.1, -0.05) is 29.4 Å². The second-order valence-electron chi connectivity index (χ2n) is 5.29. The predicted octanol–water partition coefficient (Wildman–Crippen LogP) is 2.77. The molecule has 0 radical (unpaired) electrons. The fraction of sp³-hybridized carbons (Fsp3) is 0.467. The Labute approximate surface area is 139 Å². The Morgan fingerprint density at radius 3 is 3.09 bits per heavy atom. The van der Waals surface area contributed by atoms with Gasteiger partial charge in [-0.15, -0.1) is 10.2 Å². The molecule has 0 amide bonds. The van der Waals surface area contributed by atoms with E-state index in [9.17, 15) is 0 Å². The number of halogens is 1. The Hall–Kier alpha value is -1.08. The first kappa shape index (κ1) is 15.8. The molecule has 0 spiro atoms. The molecule has 5 nitrogen and oxygen atoms in total. The molecule has 1 fully saturated rings. The molecule has 1 aromatic carbocycles. The van der Waals surface area contributed by atoms with Crippen molar-refractivity contribution in [3.05, 3.63) is 35.1 Å². The Morgan fingerprint density at radius 1 is 1.45 bits per heavy atom. The molecule has 2 aromatic rings. The maximum absolute atomic E-state index is 6.13. The van der Waals surface area contributed by atoms with Crippen molar-refractivity contribution >= 4 is 23.4 Å². The third-order valence-electron chi connectivity index (χ3n) is 3.57. The van der Waals surface area contributed by atoms with E-state index in [0.717, 1.165) is 42.1 Å². The van der Waals surface area contributed by atoms with Gasteiger partial charge in [0.2, 0.25) is 0 Å². The van der Waals surface area contributed by atoms with Crippen LogP contribution in [0.5, 0.6) is 0 Å². The highest BCUT2D eigenvalue weighted by Crippen LogP contribution is 2.27. The summed E-state index contributed by atoms with van der Waals surface area (Å²) in [5, 5.41) is 13.4. The standard InChI is InChI=1S/C15H19ClN4OS/c1-17-8-14-18-19-15(22-10-11-5-6-21-9-11)20(14)13-4-2-3-12(16)7-13/h2-4,7,11,17H,5-6,8-10H2,1H3. The predicted molar refractivity (Wildman–Crippen MR) is 88.8 cm³/mol. The molecule has 7 heteroatoms. The molecule has 1 aliphatic rings. The normalized spacial score (nSPS) is 18.0. The SMILES string of the molecule is CNCc1nnc(SCC2CCOC2)n1-c1cccc(Cl)c1. The Bertz CT molecular complexity index is 628. The second kappa shape index (κ2) is 7.46. The lowest BCUT2D eigenvalue weighted by atomic mass is 10.2. The zero-order valence-electron chi connectivity index (χ0n) is 12.5. The van der Waals surface area contributed by atoms with Crippen molar-refractivity contribution < 1.29 is 4.74 Å². The first-order chi connectivity index (χ1) is 10.8. The fourth-order valence-electron chi connectivity index (χ4n) is 2.45. The van der Waals surface area contributed by atoms with Crippen LogP contribution in [0.4, 0.5) is 0 Å².